The average Bonchev–Trinajstić information content (AvgIpc) is 3.00. The summed E-state index contributed by atoms with van der Waals surface area (Å²) in [5.74, 6) is -0.516. The van der Waals surface area contributed by atoms with Crippen LogP contribution in [-0.2, 0) is 29.4 Å². The molecular formula is C18H17F3N2O3S2. The number of alkyl halides is 3. The molecule has 1 aromatic carbocycles. The first kappa shape index (κ1) is 19.5. The maximum atomic E-state index is 12.7. The Bertz CT molecular complexity index is 1030. The van der Waals surface area contributed by atoms with E-state index in [1.165, 1.54) is 11.1 Å². The molecule has 0 amide bonds. The van der Waals surface area contributed by atoms with Gasteiger partial charge in [0, 0.05) is 10.8 Å². The number of hydrogen-bond acceptors (Lipinski definition) is 6. The van der Waals surface area contributed by atoms with Crippen molar-refractivity contribution in [3.63, 3.8) is 0 Å². The molecule has 5 nitrogen and oxygen atoms in total. The highest BCUT2D eigenvalue weighted by Crippen LogP contribution is 2.57. The lowest BCUT2D eigenvalue weighted by molar-refractivity contribution is -0.0501. The zero-order valence-corrected chi connectivity index (χ0v) is 16.5. The first-order chi connectivity index (χ1) is 13.2. The molecule has 2 aliphatic rings. The van der Waals surface area contributed by atoms with E-state index in [0.717, 1.165) is 19.2 Å². The van der Waals surface area contributed by atoms with E-state index in [9.17, 15) is 21.6 Å². The summed E-state index contributed by atoms with van der Waals surface area (Å²) in [6, 6.07) is 8.15. The van der Waals surface area contributed by atoms with Crippen LogP contribution in [0.15, 0.2) is 30.6 Å². The van der Waals surface area contributed by atoms with Crippen molar-refractivity contribution >= 4 is 21.9 Å². The van der Waals surface area contributed by atoms with Crippen LogP contribution in [0.5, 0.6) is 5.88 Å². The molecule has 1 heterocycles. The summed E-state index contributed by atoms with van der Waals surface area (Å²) < 4.78 is 65.5. The zero-order valence-electron chi connectivity index (χ0n) is 14.9. The van der Waals surface area contributed by atoms with E-state index < -0.39 is 21.5 Å². The smallest absolute Gasteiger partial charge is 0.355 e. The second-order valence-electron chi connectivity index (χ2n) is 7.12. The van der Waals surface area contributed by atoms with Crippen molar-refractivity contribution in [1.82, 2.24) is 9.97 Å². The van der Waals surface area contributed by atoms with E-state index >= 15 is 0 Å². The van der Waals surface area contributed by atoms with E-state index in [2.05, 4.69) is 26.3 Å². The van der Waals surface area contributed by atoms with Crippen LogP contribution in [-0.4, -0.2) is 30.1 Å². The van der Waals surface area contributed by atoms with Crippen LogP contribution in [0.25, 0.3) is 0 Å². The fourth-order valence-corrected chi connectivity index (χ4v) is 6.05. The zero-order chi connectivity index (χ0) is 20.2. The van der Waals surface area contributed by atoms with Crippen molar-refractivity contribution in [2.75, 3.05) is 6.26 Å². The number of rotatable bonds is 3. The van der Waals surface area contributed by atoms with Gasteiger partial charge in [0.05, 0.1) is 5.69 Å². The molecule has 1 spiro atoms. The lowest BCUT2D eigenvalue weighted by atomic mass is 9.69. The summed E-state index contributed by atoms with van der Waals surface area (Å²) in [6.45, 7) is 0. The summed E-state index contributed by atoms with van der Waals surface area (Å²) in [4.78, 5) is 7.91. The van der Waals surface area contributed by atoms with Crippen molar-refractivity contribution in [1.29, 1.82) is 0 Å². The van der Waals surface area contributed by atoms with Gasteiger partial charge in [-0.1, -0.05) is 24.3 Å². The van der Waals surface area contributed by atoms with Crippen LogP contribution in [0.4, 0.5) is 13.2 Å². The van der Waals surface area contributed by atoms with Crippen molar-refractivity contribution in [2.24, 2.45) is 5.41 Å². The Morgan fingerprint density at radius 3 is 2.68 bits per heavy atom. The Hall–Kier alpha value is -1.81. The van der Waals surface area contributed by atoms with Crippen molar-refractivity contribution in [3.05, 3.63) is 53.0 Å². The molecule has 0 saturated carbocycles. The second-order valence-corrected chi connectivity index (χ2v) is 9.60. The molecule has 28 heavy (non-hydrogen) atoms. The van der Waals surface area contributed by atoms with Crippen LogP contribution in [0, 0.1) is 5.41 Å². The SMILES string of the molecule is CSC1c2ccccc2CCC12Cc1ncnc(OS(=O)(=O)C(F)(F)F)c1C2. The second kappa shape index (κ2) is 6.62. The van der Waals surface area contributed by atoms with Crippen LogP contribution >= 0.6 is 11.8 Å². The molecule has 0 radical (unpaired) electrons. The van der Waals surface area contributed by atoms with Gasteiger partial charge < -0.3 is 4.18 Å². The summed E-state index contributed by atoms with van der Waals surface area (Å²) in [7, 11) is -5.78. The molecule has 0 bridgehead atoms. The third-order valence-corrected chi connectivity index (χ3v) is 7.71. The topological polar surface area (TPSA) is 69.2 Å². The van der Waals surface area contributed by atoms with Crippen LogP contribution < -0.4 is 4.18 Å². The van der Waals surface area contributed by atoms with Crippen molar-refractivity contribution < 1.29 is 25.8 Å². The van der Waals surface area contributed by atoms with E-state index in [0.29, 0.717) is 24.1 Å². The lowest BCUT2D eigenvalue weighted by Gasteiger charge is -2.41. The molecule has 0 fully saturated rings. The van der Waals surface area contributed by atoms with Crippen molar-refractivity contribution in [3.8, 4) is 5.88 Å². The Morgan fingerprint density at radius 1 is 1.21 bits per heavy atom. The monoisotopic (exact) mass is 430 g/mol. The molecule has 10 heteroatoms. The number of hydrogen-bond donors (Lipinski definition) is 0. The van der Waals surface area contributed by atoms with Crippen LogP contribution in [0.1, 0.15) is 34.1 Å². The van der Waals surface area contributed by atoms with Gasteiger partial charge in [-0.2, -0.15) is 33.4 Å². The molecule has 2 atom stereocenters. The highest BCUT2D eigenvalue weighted by Gasteiger charge is 2.51. The Kier molecular flexibility index (Phi) is 4.61. The predicted octanol–water partition coefficient (Wildman–Crippen LogP) is 3.84. The third-order valence-electron chi connectivity index (χ3n) is 5.54. The quantitative estimate of drug-likeness (QED) is 0.544. The number of aryl methyl sites for hydroxylation is 1. The molecule has 1 aromatic heterocycles. The van der Waals surface area contributed by atoms with Gasteiger partial charge >= 0.3 is 15.6 Å². The lowest BCUT2D eigenvalue weighted by Crippen LogP contribution is -2.33. The molecule has 4 rings (SSSR count). The fourth-order valence-electron chi connectivity index (χ4n) is 4.33. The van der Waals surface area contributed by atoms with Gasteiger partial charge in [-0.3, -0.25) is 0 Å². The normalized spacial score (nSPS) is 24.1. The summed E-state index contributed by atoms with van der Waals surface area (Å²) in [5.41, 5.74) is -2.37. The summed E-state index contributed by atoms with van der Waals surface area (Å²) in [6.07, 6.45) is 5.68. The first-order valence-electron chi connectivity index (χ1n) is 8.61. The molecule has 2 aliphatic carbocycles. The number of nitrogens with zero attached hydrogens (tertiary/aromatic N) is 2. The molecule has 2 unspecified atom stereocenters. The van der Waals surface area contributed by atoms with E-state index in [1.807, 2.05) is 18.4 Å². The van der Waals surface area contributed by atoms with Crippen LogP contribution in [0.2, 0.25) is 0 Å². The Morgan fingerprint density at radius 2 is 1.96 bits per heavy atom. The largest absolute Gasteiger partial charge is 0.534 e. The molecule has 150 valence electrons. The van der Waals surface area contributed by atoms with Gasteiger partial charge in [-0.25, -0.2) is 9.97 Å². The minimum Gasteiger partial charge on any atom is -0.355 e. The van der Waals surface area contributed by atoms with Crippen LogP contribution in [0.3, 0.4) is 0 Å². The van der Waals surface area contributed by atoms with E-state index in [-0.39, 0.29) is 10.7 Å². The number of aromatic nitrogens is 2. The number of halogens is 3. The van der Waals surface area contributed by atoms with Gasteiger partial charge in [0.2, 0.25) is 5.88 Å². The Balaban J connectivity index is 1.72. The summed E-state index contributed by atoms with van der Waals surface area (Å²) in [5, 5.41) is 0.124. The van der Waals surface area contributed by atoms with E-state index in [1.54, 1.807) is 11.8 Å². The van der Waals surface area contributed by atoms with E-state index in [4.69, 9.17) is 0 Å². The molecule has 0 aliphatic heterocycles. The molecular weight excluding hydrogens is 413 g/mol. The van der Waals surface area contributed by atoms with Gasteiger partial charge in [-0.05, 0) is 48.5 Å². The highest BCUT2D eigenvalue weighted by atomic mass is 32.2. The predicted molar refractivity (Wildman–Crippen MR) is 98.5 cm³/mol. The van der Waals surface area contributed by atoms with Gasteiger partial charge in [0.25, 0.3) is 0 Å². The maximum Gasteiger partial charge on any atom is 0.534 e. The number of thioether (sulfide) groups is 1. The minimum atomic E-state index is -5.78. The molecule has 2 aromatic rings. The maximum absolute atomic E-state index is 12.7. The highest BCUT2D eigenvalue weighted by molar-refractivity contribution is 7.98. The third kappa shape index (κ3) is 3.06. The fraction of sp³-hybridized carbons (Fsp3) is 0.444. The van der Waals surface area contributed by atoms with Crippen molar-refractivity contribution in [2.45, 2.75) is 36.4 Å². The van der Waals surface area contributed by atoms with Gasteiger partial charge in [0.15, 0.2) is 0 Å². The number of fused-ring (bicyclic) bond motifs is 2. The van der Waals surface area contributed by atoms with Gasteiger partial charge in [0.1, 0.15) is 6.33 Å². The molecule has 0 N–H and O–H groups in total. The standard InChI is InChI=1S/C18H17F3N2O3S2/c1-27-15-12-5-3-2-4-11(12)6-7-17(15)8-13-14(9-17)22-10-23-16(13)26-28(24,25)18(19,20)21/h2-5,10,15H,6-9H2,1H3. The summed E-state index contributed by atoms with van der Waals surface area (Å²) >= 11 is 1.69. The first-order valence-corrected chi connectivity index (χ1v) is 11.3. The molecule has 0 saturated heterocycles. The number of benzene rings is 1. The Labute approximate surface area is 164 Å². The minimum absolute atomic E-state index is 0.124. The average molecular weight is 430 g/mol. The van der Waals surface area contributed by atoms with Gasteiger partial charge in [-0.15, -0.1) is 0 Å².